The van der Waals surface area contributed by atoms with Crippen molar-refractivity contribution in [1.82, 2.24) is 0 Å². The molecule has 17 heavy (non-hydrogen) atoms. The summed E-state index contributed by atoms with van der Waals surface area (Å²) in [5.41, 5.74) is 2.43. The van der Waals surface area contributed by atoms with Gasteiger partial charge in [0.2, 0.25) is 0 Å². The van der Waals surface area contributed by atoms with E-state index in [1.54, 1.807) is 0 Å². The molecule has 0 spiro atoms. The SMILES string of the molecule is CCSc1ccc2c(c1)Sc1ccccc1N2. The van der Waals surface area contributed by atoms with E-state index in [9.17, 15) is 0 Å². The number of thioether (sulfide) groups is 1. The summed E-state index contributed by atoms with van der Waals surface area (Å²) in [5.74, 6) is 1.12. The third kappa shape index (κ3) is 2.17. The van der Waals surface area contributed by atoms with Crippen LogP contribution < -0.4 is 5.32 Å². The quantitative estimate of drug-likeness (QED) is 0.650. The molecule has 0 atom stereocenters. The number of hydrogen-bond donors (Lipinski definition) is 1. The first kappa shape index (κ1) is 11.1. The highest BCUT2D eigenvalue weighted by Crippen LogP contribution is 2.44. The molecule has 0 aromatic heterocycles. The Bertz CT molecular complexity index is 552. The van der Waals surface area contributed by atoms with Crippen molar-refractivity contribution in [1.29, 1.82) is 0 Å². The van der Waals surface area contributed by atoms with Crippen molar-refractivity contribution < 1.29 is 0 Å². The minimum Gasteiger partial charge on any atom is -0.354 e. The topological polar surface area (TPSA) is 12.0 Å². The highest BCUT2D eigenvalue weighted by molar-refractivity contribution is 8.00. The average Bonchev–Trinajstić information content (AvgIpc) is 2.36. The van der Waals surface area contributed by atoms with Gasteiger partial charge in [0.05, 0.1) is 11.4 Å². The molecule has 0 amide bonds. The van der Waals surface area contributed by atoms with E-state index in [1.807, 2.05) is 23.5 Å². The van der Waals surface area contributed by atoms with Crippen molar-refractivity contribution in [2.45, 2.75) is 21.6 Å². The fourth-order valence-electron chi connectivity index (χ4n) is 1.87. The van der Waals surface area contributed by atoms with Gasteiger partial charge < -0.3 is 5.32 Å². The number of hydrogen-bond acceptors (Lipinski definition) is 3. The van der Waals surface area contributed by atoms with Crippen molar-refractivity contribution in [3.63, 3.8) is 0 Å². The zero-order valence-corrected chi connectivity index (χ0v) is 11.2. The van der Waals surface area contributed by atoms with E-state index in [0.717, 1.165) is 5.75 Å². The molecule has 2 aromatic carbocycles. The van der Waals surface area contributed by atoms with E-state index in [1.165, 1.54) is 26.1 Å². The molecule has 0 radical (unpaired) electrons. The Morgan fingerprint density at radius 3 is 2.76 bits per heavy atom. The molecule has 2 aromatic rings. The molecule has 1 aliphatic heterocycles. The molecule has 0 fully saturated rings. The lowest BCUT2D eigenvalue weighted by atomic mass is 10.2. The normalized spacial score (nSPS) is 12.5. The molecule has 1 nitrogen and oxygen atoms in total. The summed E-state index contributed by atoms with van der Waals surface area (Å²) in [6, 6.07) is 15.1. The molecule has 1 N–H and O–H groups in total. The third-order valence-electron chi connectivity index (χ3n) is 2.64. The van der Waals surface area contributed by atoms with Crippen LogP contribution >= 0.6 is 23.5 Å². The summed E-state index contributed by atoms with van der Waals surface area (Å²) < 4.78 is 0. The number of fused-ring (bicyclic) bond motifs is 2. The Morgan fingerprint density at radius 1 is 1.06 bits per heavy atom. The number of para-hydroxylation sites is 1. The maximum atomic E-state index is 3.48. The van der Waals surface area contributed by atoms with Gasteiger partial charge in [-0.1, -0.05) is 30.8 Å². The van der Waals surface area contributed by atoms with E-state index < -0.39 is 0 Å². The first-order chi connectivity index (χ1) is 8.36. The van der Waals surface area contributed by atoms with Gasteiger partial charge in [0, 0.05) is 14.7 Å². The van der Waals surface area contributed by atoms with E-state index in [4.69, 9.17) is 0 Å². The van der Waals surface area contributed by atoms with Crippen LogP contribution in [0.4, 0.5) is 11.4 Å². The molecule has 1 heterocycles. The fourth-order valence-corrected chi connectivity index (χ4v) is 3.67. The van der Waals surface area contributed by atoms with Gasteiger partial charge in [-0.3, -0.25) is 0 Å². The van der Waals surface area contributed by atoms with Gasteiger partial charge in [0.25, 0.3) is 0 Å². The molecule has 0 aliphatic carbocycles. The molecular formula is C14H13NS2. The number of anilines is 2. The molecule has 3 rings (SSSR count). The lowest BCUT2D eigenvalue weighted by Crippen LogP contribution is -1.99. The summed E-state index contributed by atoms with van der Waals surface area (Å²) >= 11 is 3.73. The van der Waals surface area contributed by atoms with E-state index in [0.29, 0.717) is 0 Å². The summed E-state index contributed by atoms with van der Waals surface area (Å²) in [5, 5.41) is 3.48. The fraction of sp³-hybridized carbons (Fsp3) is 0.143. The van der Waals surface area contributed by atoms with Crippen LogP contribution in [0.25, 0.3) is 0 Å². The number of rotatable bonds is 2. The van der Waals surface area contributed by atoms with Gasteiger partial charge in [-0.05, 0) is 36.1 Å². The van der Waals surface area contributed by atoms with Crippen molar-refractivity contribution >= 4 is 34.9 Å². The summed E-state index contributed by atoms with van der Waals surface area (Å²) in [6.45, 7) is 2.19. The third-order valence-corrected chi connectivity index (χ3v) is 4.65. The Hall–Kier alpha value is -1.06. The second-order valence-corrected chi connectivity index (χ2v) is 6.24. The largest absolute Gasteiger partial charge is 0.354 e. The highest BCUT2D eigenvalue weighted by Gasteiger charge is 2.14. The van der Waals surface area contributed by atoms with Crippen LogP contribution in [0.15, 0.2) is 57.2 Å². The summed E-state index contributed by atoms with van der Waals surface area (Å²) in [7, 11) is 0. The zero-order valence-electron chi connectivity index (χ0n) is 9.57. The second-order valence-electron chi connectivity index (χ2n) is 3.81. The van der Waals surface area contributed by atoms with Crippen molar-refractivity contribution in [2.75, 3.05) is 11.1 Å². The first-order valence-electron chi connectivity index (χ1n) is 5.67. The minimum atomic E-state index is 1.12. The first-order valence-corrected chi connectivity index (χ1v) is 7.48. The maximum absolute atomic E-state index is 3.48. The number of benzene rings is 2. The minimum absolute atomic E-state index is 1.12. The van der Waals surface area contributed by atoms with E-state index >= 15 is 0 Å². The predicted octanol–water partition coefficient (Wildman–Crippen LogP) is 5.01. The van der Waals surface area contributed by atoms with Crippen LogP contribution in [0, 0.1) is 0 Å². The molecule has 0 unspecified atom stereocenters. The number of nitrogens with one attached hydrogen (secondary N) is 1. The van der Waals surface area contributed by atoms with Gasteiger partial charge in [0.1, 0.15) is 0 Å². The van der Waals surface area contributed by atoms with Crippen LogP contribution in [0.3, 0.4) is 0 Å². The Kier molecular flexibility index (Phi) is 3.04. The summed E-state index contributed by atoms with van der Waals surface area (Å²) in [4.78, 5) is 3.97. The van der Waals surface area contributed by atoms with Gasteiger partial charge in [0.15, 0.2) is 0 Å². The molecule has 0 saturated heterocycles. The van der Waals surface area contributed by atoms with Gasteiger partial charge in [-0.15, -0.1) is 11.8 Å². The van der Waals surface area contributed by atoms with E-state index in [-0.39, 0.29) is 0 Å². The standard InChI is InChI=1S/C14H13NS2/c1-2-16-10-7-8-12-14(9-10)17-13-6-4-3-5-11(13)15-12/h3-9,15H,2H2,1H3. The monoisotopic (exact) mass is 259 g/mol. The molecular weight excluding hydrogens is 246 g/mol. The smallest absolute Gasteiger partial charge is 0.0527 e. The molecule has 0 bridgehead atoms. The zero-order chi connectivity index (χ0) is 11.7. The molecule has 0 saturated carbocycles. The Balaban J connectivity index is 1.97. The van der Waals surface area contributed by atoms with Gasteiger partial charge in [-0.25, -0.2) is 0 Å². The van der Waals surface area contributed by atoms with Crippen LogP contribution in [0.1, 0.15) is 6.92 Å². The molecule has 1 aliphatic rings. The van der Waals surface area contributed by atoms with Gasteiger partial charge in [-0.2, -0.15) is 0 Å². The summed E-state index contributed by atoms with van der Waals surface area (Å²) in [6.07, 6.45) is 0. The van der Waals surface area contributed by atoms with Crippen molar-refractivity contribution in [2.24, 2.45) is 0 Å². The van der Waals surface area contributed by atoms with Crippen molar-refractivity contribution in [3.8, 4) is 0 Å². The van der Waals surface area contributed by atoms with E-state index in [2.05, 4.69) is 54.7 Å². The highest BCUT2D eigenvalue weighted by atomic mass is 32.2. The van der Waals surface area contributed by atoms with Crippen LogP contribution in [-0.4, -0.2) is 5.75 Å². The predicted molar refractivity (Wildman–Crippen MR) is 76.7 cm³/mol. The van der Waals surface area contributed by atoms with Crippen molar-refractivity contribution in [3.05, 3.63) is 42.5 Å². The van der Waals surface area contributed by atoms with Gasteiger partial charge >= 0.3 is 0 Å². The lowest BCUT2D eigenvalue weighted by Gasteiger charge is -2.21. The Morgan fingerprint density at radius 2 is 1.88 bits per heavy atom. The molecule has 86 valence electrons. The lowest BCUT2D eigenvalue weighted by molar-refractivity contribution is 1.26. The maximum Gasteiger partial charge on any atom is 0.0527 e. The second kappa shape index (κ2) is 4.67. The van der Waals surface area contributed by atoms with Crippen LogP contribution in [-0.2, 0) is 0 Å². The average molecular weight is 259 g/mol. The van der Waals surface area contributed by atoms with Crippen LogP contribution in [0.5, 0.6) is 0 Å². The Labute approximate surface area is 110 Å². The van der Waals surface area contributed by atoms with Crippen LogP contribution in [0.2, 0.25) is 0 Å². The molecule has 3 heteroatoms.